The number of hydrogen-bond acceptors (Lipinski definition) is 7. The summed E-state index contributed by atoms with van der Waals surface area (Å²) in [5.74, 6) is 0.734. The number of likely N-dealkylation sites (tertiary alicyclic amines) is 1. The zero-order chi connectivity index (χ0) is 17.0. The molecule has 8 heteroatoms. The molecule has 3 rings (SSSR count). The second-order valence-corrected chi connectivity index (χ2v) is 6.05. The lowest BCUT2D eigenvalue weighted by molar-refractivity contribution is -0.140. The molecule has 1 amide bonds. The molecule has 128 valence electrons. The number of nitrogens with zero attached hydrogens (tertiary/aromatic N) is 4. The Balaban J connectivity index is 1.56. The number of carbonyl (C=O) groups is 1. The van der Waals surface area contributed by atoms with E-state index in [0.29, 0.717) is 37.5 Å². The highest BCUT2D eigenvalue weighted by Crippen LogP contribution is 2.21. The fourth-order valence-corrected chi connectivity index (χ4v) is 2.79. The number of aliphatic hydroxyl groups excluding tert-OH is 1. The van der Waals surface area contributed by atoms with E-state index >= 15 is 0 Å². The van der Waals surface area contributed by atoms with E-state index in [1.807, 2.05) is 6.07 Å². The van der Waals surface area contributed by atoms with Crippen LogP contribution < -0.4 is 0 Å². The fraction of sp³-hybridized carbons (Fsp3) is 0.500. The quantitative estimate of drug-likeness (QED) is 0.815. The van der Waals surface area contributed by atoms with Crippen molar-refractivity contribution < 1.29 is 19.5 Å². The number of rotatable bonds is 5. The van der Waals surface area contributed by atoms with Crippen LogP contribution in [0.3, 0.4) is 0 Å². The van der Waals surface area contributed by atoms with Crippen molar-refractivity contribution >= 4 is 5.91 Å². The van der Waals surface area contributed by atoms with Gasteiger partial charge in [-0.05, 0) is 25.0 Å². The highest BCUT2D eigenvalue weighted by molar-refractivity contribution is 5.76. The van der Waals surface area contributed by atoms with E-state index in [0.717, 1.165) is 5.56 Å². The monoisotopic (exact) mass is 332 g/mol. The Bertz CT molecular complexity index is 690. The van der Waals surface area contributed by atoms with Gasteiger partial charge in [-0.3, -0.25) is 9.78 Å². The second kappa shape index (κ2) is 7.06. The highest BCUT2D eigenvalue weighted by Gasteiger charge is 2.34. The second-order valence-electron chi connectivity index (χ2n) is 6.05. The van der Waals surface area contributed by atoms with Crippen LogP contribution >= 0.6 is 0 Å². The van der Waals surface area contributed by atoms with Crippen molar-refractivity contribution in [2.45, 2.75) is 31.3 Å². The molecular weight excluding hydrogens is 312 g/mol. The normalized spacial score (nSPS) is 21.0. The lowest BCUT2D eigenvalue weighted by Gasteiger charge is -2.38. The molecule has 0 bridgehead atoms. The van der Waals surface area contributed by atoms with Crippen LogP contribution in [-0.2, 0) is 11.2 Å². The van der Waals surface area contributed by atoms with Crippen molar-refractivity contribution in [3.8, 4) is 11.4 Å². The Kier molecular flexibility index (Phi) is 4.86. The van der Waals surface area contributed by atoms with Crippen molar-refractivity contribution in [2.24, 2.45) is 0 Å². The SMILES string of the molecule is O=C(CCc1nc(-c2cccnc2)no1)N1CCC[C@](O)(CO)C1. The van der Waals surface area contributed by atoms with Gasteiger partial charge in [0.2, 0.25) is 17.6 Å². The van der Waals surface area contributed by atoms with Crippen LogP contribution in [0.25, 0.3) is 11.4 Å². The molecular formula is C16H20N4O4. The first-order valence-electron chi connectivity index (χ1n) is 7.94. The van der Waals surface area contributed by atoms with E-state index in [1.165, 1.54) is 0 Å². The third kappa shape index (κ3) is 3.77. The molecule has 0 saturated carbocycles. The lowest BCUT2D eigenvalue weighted by Crippen LogP contribution is -2.52. The number of aryl methyl sites for hydroxylation is 1. The maximum atomic E-state index is 12.3. The minimum absolute atomic E-state index is 0.0947. The summed E-state index contributed by atoms with van der Waals surface area (Å²) >= 11 is 0. The summed E-state index contributed by atoms with van der Waals surface area (Å²) in [7, 11) is 0. The average Bonchev–Trinajstić information content (AvgIpc) is 3.09. The van der Waals surface area contributed by atoms with Crippen LogP contribution in [0.5, 0.6) is 0 Å². The molecule has 3 heterocycles. The van der Waals surface area contributed by atoms with Crippen molar-refractivity contribution in [3.63, 3.8) is 0 Å². The Hall–Kier alpha value is -2.32. The van der Waals surface area contributed by atoms with Crippen LogP contribution in [0.2, 0.25) is 0 Å². The van der Waals surface area contributed by atoms with Crippen LogP contribution in [0.1, 0.15) is 25.2 Å². The third-order valence-corrected chi connectivity index (χ3v) is 4.14. The molecule has 0 spiro atoms. The van der Waals surface area contributed by atoms with Gasteiger partial charge in [0.15, 0.2) is 0 Å². The topological polar surface area (TPSA) is 113 Å². The number of aliphatic hydroxyl groups is 2. The molecule has 24 heavy (non-hydrogen) atoms. The van der Waals surface area contributed by atoms with Gasteiger partial charge < -0.3 is 19.6 Å². The Morgan fingerprint density at radius 2 is 2.33 bits per heavy atom. The van der Waals surface area contributed by atoms with Gasteiger partial charge in [-0.2, -0.15) is 4.98 Å². The smallest absolute Gasteiger partial charge is 0.227 e. The van der Waals surface area contributed by atoms with Crippen LogP contribution in [0, 0.1) is 0 Å². The minimum atomic E-state index is -1.19. The van der Waals surface area contributed by atoms with Crippen molar-refractivity contribution in [1.82, 2.24) is 20.0 Å². The van der Waals surface area contributed by atoms with Crippen LogP contribution in [0.15, 0.2) is 29.0 Å². The maximum absolute atomic E-state index is 12.3. The molecule has 0 radical (unpaired) electrons. The average molecular weight is 332 g/mol. The van der Waals surface area contributed by atoms with Gasteiger partial charge in [0.25, 0.3) is 0 Å². The van der Waals surface area contributed by atoms with E-state index in [1.54, 1.807) is 23.4 Å². The van der Waals surface area contributed by atoms with Gasteiger partial charge in [0, 0.05) is 37.3 Å². The molecule has 1 aliphatic rings. The first-order valence-corrected chi connectivity index (χ1v) is 7.94. The van der Waals surface area contributed by atoms with Crippen LogP contribution in [-0.4, -0.2) is 61.4 Å². The summed E-state index contributed by atoms with van der Waals surface area (Å²) in [6.45, 7) is 0.411. The first kappa shape index (κ1) is 16.5. The number of amides is 1. The summed E-state index contributed by atoms with van der Waals surface area (Å²) in [6.07, 6.45) is 5.04. The summed E-state index contributed by atoms with van der Waals surface area (Å²) in [5, 5.41) is 23.3. The largest absolute Gasteiger partial charge is 0.393 e. The van der Waals surface area contributed by atoms with E-state index in [-0.39, 0.29) is 25.5 Å². The highest BCUT2D eigenvalue weighted by atomic mass is 16.5. The van der Waals surface area contributed by atoms with Gasteiger partial charge >= 0.3 is 0 Å². The van der Waals surface area contributed by atoms with E-state index in [2.05, 4.69) is 15.1 Å². The predicted molar refractivity (Wildman–Crippen MR) is 83.7 cm³/mol. The molecule has 8 nitrogen and oxygen atoms in total. The standard InChI is InChI=1S/C16H20N4O4/c21-11-16(23)6-2-8-20(10-16)14(22)5-4-13-18-15(19-24-13)12-3-1-7-17-9-12/h1,3,7,9,21,23H,2,4-6,8,10-11H2/t16-/m1/s1. The van der Waals surface area contributed by atoms with E-state index in [4.69, 9.17) is 4.52 Å². The van der Waals surface area contributed by atoms with Crippen LogP contribution in [0.4, 0.5) is 0 Å². The Labute approximate surface area is 139 Å². The molecule has 1 atom stereocenters. The summed E-state index contributed by atoms with van der Waals surface area (Å²) in [5.41, 5.74) is -0.436. The number of carbonyl (C=O) groups excluding carboxylic acids is 1. The molecule has 1 aliphatic heterocycles. The summed E-state index contributed by atoms with van der Waals surface area (Å²) in [4.78, 5) is 22.1. The number of pyridine rings is 1. The third-order valence-electron chi connectivity index (χ3n) is 4.14. The molecule has 2 aromatic rings. The molecule has 1 fully saturated rings. The van der Waals surface area contributed by atoms with Gasteiger partial charge in [-0.25, -0.2) is 0 Å². The maximum Gasteiger partial charge on any atom is 0.227 e. The zero-order valence-corrected chi connectivity index (χ0v) is 13.3. The lowest BCUT2D eigenvalue weighted by atomic mass is 9.93. The van der Waals surface area contributed by atoms with E-state index in [9.17, 15) is 15.0 Å². The first-order chi connectivity index (χ1) is 11.6. The fourth-order valence-electron chi connectivity index (χ4n) is 2.79. The van der Waals surface area contributed by atoms with Gasteiger partial charge in [0.05, 0.1) is 13.2 Å². The molecule has 0 unspecified atom stereocenters. The summed E-state index contributed by atoms with van der Waals surface area (Å²) in [6, 6.07) is 3.61. The molecule has 0 aliphatic carbocycles. The molecule has 1 saturated heterocycles. The van der Waals surface area contributed by atoms with E-state index < -0.39 is 5.60 Å². The van der Waals surface area contributed by atoms with Crippen molar-refractivity contribution in [3.05, 3.63) is 30.4 Å². The zero-order valence-electron chi connectivity index (χ0n) is 13.3. The van der Waals surface area contributed by atoms with Gasteiger partial charge in [-0.15, -0.1) is 0 Å². The number of hydrogen-bond donors (Lipinski definition) is 2. The van der Waals surface area contributed by atoms with Crippen molar-refractivity contribution in [2.75, 3.05) is 19.7 Å². The minimum Gasteiger partial charge on any atom is -0.393 e. The Morgan fingerprint density at radius 3 is 3.08 bits per heavy atom. The predicted octanol–water partition coefficient (Wildman–Crippen LogP) is 0.410. The van der Waals surface area contributed by atoms with Gasteiger partial charge in [-0.1, -0.05) is 5.16 Å². The molecule has 2 aromatic heterocycles. The van der Waals surface area contributed by atoms with Gasteiger partial charge in [0.1, 0.15) is 5.60 Å². The Morgan fingerprint density at radius 1 is 1.46 bits per heavy atom. The number of β-amino-alcohol motifs (C(OH)–C–C–N with tert-alkyl or cyclic N) is 1. The molecule has 2 N–H and O–H groups in total. The number of aromatic nitrogens is 3. The summed E-state index contributed by atoms with van der Waals surface area (Å²) < 4.78 is 5.17. The number of piperidine rings is 1. The van der Waals surface area contributed by atoms with Crippen molar-refractivity contribution in [1.29, 1.82) is 0 Å². The molecule has 0 aromatic carbocycles.